The summed E-state index contributed by atoms with van der Waals surface area (Å²) in [6.07, 6.45) is 4.88. The Labute approximate surface area is 92.6 Å². The molecular weight excluding hydrogens is 204 g/mol. The van der Waals surface area contributed by atoms with E-state index in [0.29, 0.717) is 11.3 Å². The van der Waals surface area contributed by atoms with Crippen molar-refractivity contribution in [1.82, 2.24) is 9.97 Å². The first-order valence-electron chi connectivity index (χ1n) is 4.79. The van der Waals surface area contributed by atoms with Crippen LogP contribution in [0.3, 0.4) is 0 Å². The first-order chi connectivity index (χ1) is 7.70. The van der Waals surface area contributed by atoms with Crippen molar-refractivity contribution < 1.29 is 9.90 Å². The van der Waals surface area contributed by atoms with Crippen molar-refractivity contribution in [3.8, 4) is 11.1 Å². The molecule has 0 amide bonds. The maximum Gasteiger partial charge on any atom is 0.338 e. The molecule has 0 spiro atoms. The van der Waals surface area contributed by atoms with E-state index in [1.807, 2.05) is 0 Å². The third-order valence-electron chi connectivity index (χ3n) is 2.35. The minimum absolute atomic E-state index is 0.244. The predicted molar refractivity (Wildman–Crippen MR) is 59.2 cm³/mol. The van der Waals surface area contributed by atoms with Gasteiger partial charge < -0.3 is 5.11 Å². The van der Waals surface area contributed by atoms with Gasteiger partial charge in [-0.15, -0.1) is 0 Å². The van der Waals surface area contributed by atoms with Gasteiger partial charge in [-0.05, 0) is 36.2 Å². The molecule has 0 radical (unpaired) electrons. The van der Waals surface area contributed by atoms with Crippen LogP contribution in [0.25, 0.3) is 11.1 Å². The first-order valence-corrected chi connectivity index (χ1v) is 4.79. The molecule has 0 bridgehead atoms. The Bertz CT molecular complexity index is 524. The normalized spacial score (nSPS) is 10.1. The SMILES string of the molecule is Cc1nccc(-c2ccncc2)c1C(=O)O. The first kappa shape index (κ1) is 10.3. The summed E-state index contributed by atoms with van der Waals surface area (Å²) in [7, 11) is 0. The average molecular weight is 214 g/mol. The molecule has 0 fully saturated rings. The molecule has 0 aliphatic rings. The highest BCUT2D eigenvalue weighted by Crippen LogP contribution is 2.24. The van der Waals surface area contributed by atoms with Gasteiger partial charge in [0.15, 0.2) is 0 Å². The maximum absolute atomic E-state index is 11.2. The molecule has 2 heterocycles. The van der Waals surface area contributed by atoms with Crippen molar-refractivity contribution in [3.05, 3.63) is 48.0 Å². The van der Waals surface area contributed by atoms with E-state index in [-0.39, 0.29) is 5.56 Å². The van der Waals surface area contributed by atoms with Crippen LogP contribution in [0.5, 0.6) is 0 Å². The Morgan fingerprint density at radius 2 is 1.88 bits per heavy atom. The molecule has 0 atom stereocenters. The van der Waals surface area contributed by atoms with Crippen LogP contribution in [0.2, 0.25) is 0 Å². The van der Waals surface area contributed by atoms with Gasteiger partial charge in [-0.3, -0.25) is 9.97 Å². The number of aryl methyl sites for hydroxylation is 1. The zero-order valence-corrected chi connectivity index (χ0v) is 8.71. The quantitative estimate of drug-likeness (QED) is 0.831. The minimum Gasteiger partial charge on any atom is -0.478 e. The highest BCUT2D eigenvalue weighted by atomic mass is 16.4. The fourth-order valence-electron chi connectivity index (χ4n) is 1.61. The molecule has 16 heavy (non-hydrogen) atoms. The van der Waals surface area contributed by atoms with Crippen molar-refractivity contribution in [2.75, 3.05) is 0 Å². The summed E-state index contributed by atoms with van der Waals surface area (Å²) in [6.45, 7) is 1.69. The number of aromatic nitrogens is 2. The smallest absolute Gasteiger partial charge is 0.338 e. The second-order valence-corrected chi connectivity index (χ2v) is 3.36. The molecule has 0 aliphatic heterocycles. The molecule has 2 aromatic heterocycles. The zero-order chi connectivity index (χ0) is 11.5. The lowest BCUT2D eigenvalue weighted by atomic mass is 10.0. The van der Waals surface area contributed by atoms with E-state index in [0.717, 1.165) is 5.56 Å². The predicted octanol–water partition coefficient (Wildman–Crippen LogP) is 2.15. The van der Waals surface area contributed by atoms with Crippen LogP contribution >= 0.6 is 0 Å². The van der Waals surface area contributed by atoms with Crippen molar-refractivity contribution >= 4 is 5.97 Å². The Morgan fingerprint density at radius 1 is 1.19 bits per heavy atom. The number of pyridine rings is 2. The van der Waals surface area contributed by atoms with Crippen LogP contribution in [0.15, 0.2) is 36.8 Å². The standard InChI is InChI=1S/C12H10N2O2/c1-8-11(12(15)16)10(4-7-14-8)9-2-5-13-6-3-9/h2-7H,1H3,(H,15,16). The molecule has 2 rings (SSSR count). The second-order valence-electron chi connectivity index (χ2n) is 3.36. The summed E-state index contributed by atoms with van der Waals surface area (Å²) in [5.41, 5.74) is 2.26. The molecule has 80 valence electrons. The third kappa shape index (κ3) is 1.77. The summed E-state index contributed by atoms with van der Waals surface area (Å²) >= 11 is 0. The molecule has 2 aromatic rings. The number of carboxylic acids is 1. The Morgan fingerprint density at radius 3 is 2.50 bits per heavy atom. The Balaban J connectivity index is 2.66. The molecule has 0 saturated carbocycles. The summed E-state index contributed by atoms with van der Waals surface area (Å²) in [5, 5.41) is 9.15. The van der Waals surface area contributed by atoms with Gasteiger partial charge in [0.25, 0.3) is 0 Å². The highest BCUT2D eigenvalue weighted by Gasteiger charge is 2.14. The molecule has 1 N–H and O–H groups in total. The van der Waals surface area contributed by atoms with Gasteiger partial charge >= 0.3 is 5.97 Å². The molecule has 0 aromatic carbocycles. The highest BCUT2D eigenvalue weighted by molar-refractivity contribution is 5.96. The van der Waals surface area contributed by atoms with Crippen LogP contribution in [0.1, 0.15) is 16.1 Å². The van der Waals surface area contributed by atoms with Gasteiger partial charge in [0.05, 0.1) is 11.3 Å². The Kier molecular flexibility index (Phi) is 2.64. The van der Waals surface area contributed by atoms with Crippen LogP contribution < -0.4 is 0 Å². The van der Waals surface area contributed by atoms with E-state index < -0.39 is 5.97 Å². The number of carboxylic acid groups (broad SMARTS) is 1. The van der Waals surface area contributed by atoms with E-state index >= 15 is 0 Å². The molecule has 0 saturated heterocycles. The third-order valence-corrected chi connectivity index (χ3v) is 2.35. The number of carbonyl (C=O) groups is 1. The number of aromatic carboxylic acids is 1. The molecule has 4 nitrogen and oxygen atoms in total. The van der Waals surface area contributed by atoms with Gasteiger partial charge in [-0.25, -0.2) is 4.79 Å². The Hall–Kier alpha value is -2.23. The lowest BCUT2D eigenvalue weighted by Gasteiger charge is -2.07. The number of rotatable bonds is 2. The maximum atomic E-state index is 11.2. The van der Waals surface area contributed by atoms with Gasteiger partial charge in [-0.2, -0.15) is 0 Å². The minimum atomic E-state index is -0.961. The topological polar surface area (TPSA) is 63.1 Å². The number of hydrogen-bond acceptors (Lipinski definition) is 3. The van der Waals surface area contributed by atoms with E-state index in [9.17, 15) is 4.79 Å². The second kappa shape index (κ2) is 4.10. The van der Waals surface area contributed by atoms with E-state index in [1.165, 1.54) is 0 Å². The van der Waals surface area contributed by atoms with Crippen molar-refractivity contribution in [1.29, 1.82) is 0 Å². The van der Waals surface area contributed by atoms with Gasteiger partial charge in [0, 0.05) is 18.6 Å². The fourth-order valence-corrected chi connectivity index (χ4v) is 1.61. The summed E-state index contributed by atoms with van der Waals surface area (Å²) in [6, 6.07) is 5.26. The van der Waals surface area contributed by atoms with Gasteiger partial charge in [0.2, 0.25) is 0 Å². The fraction of sp³-hybridized carbons (Fsp3) is 0.0833. The van der Waals surface area contributed by atoms with Crippen molar-refractivity contribution in [2.45, 2.75) is 6.92 Å². The van der Waals surface area contributed by atoms with Crippen molar-refractivity contribution in [3.63, 3.8) is 0 Å². The number of nitrogens with zero attached hydrogens (tertiary/aromatic N) is 2. The van der Waals surface area contributed by atoms with Crippen LogP contribution in [0.4, 0.5) is 0 Å². The van der Waals surface area contributed by atoms with E-state index in [4.69, 9.17) is 5.11 Å². The van der Waals surface area contributed by atoms with Crippen LogP contribution in [-0.4, -0.2) is 21.0 Å². The average Bonchev–Trinajstić information content (AvgIpc) is 2.29. The molecule has 0 unspecified atom stereocenters. The van der Waals surface area contributed by atoms with E-state index in [1.54, 1.807) is 43.7 Å². The number of hydrogen-bond donors (Lipinski definition) is 1. The van der Waals surface area contributed by atoms with Gasteiger partial charge in [0.1, 0.15) is 0 Å². The van der Waals surface area contributed by atoms with Crippen LogP contribution in [-0.2, 0) is 0 Å². The molecular formula is C12H10N2O2. The lowest BCUT2D eigenvalue weighted by Crippen LogP contribution is -2.04. The molecule has 0 aliphatic carbocycles. The van der Waals surface area contributed by atoms with E-state index in [2.05, 4.69) is 9.97 Å². The van der Waals surface area contributed by atoms with Crippen molar-refractivity contribution in [2.24, 2.45) is 0 Å². The summed E-state index contributed by atoms with van der Waals surface area (Å²) in [4.78, 5) is 19.1. The largest absolute Gasteiger partial charge is 0.478 e. The monoisotopic (exact) mass is 214 g/mol. The molecule has 4 heteroatoms. The zero-order valence-electron chi connectivity index (χ0n) is 8.71. The summed E-state index contributed by atoms with van der Waals surface area (Å²) in [5.74, 6) is -0.961. The lowest BCUT2D eigenvalue weighted by molar-refractivity contribution is 0.0696. The summed E-state index contributed by atoms with van der Waals surface area (Å²) < 4.78 is 0. The van der Waals surface area contributed by atoms with Crippen LogP contribution in [0, 0.1) is 6.92 Å². The van der Waals surface area contributed by atoms with Gasteiger partial charge in [-0.1, -0.05) is 0 Å².